The second-order valence-corrected chi connectivity index (χ2v) is 5.08. The summed E-state index contributed by atoms with van der Waals surface area (Å²) in [4.78, 5) is 18.4. The van der Waals surface area contributed by atoms with Crippen molar-refractivity contribution >= 4 is 5.97 Å². The quantitative estimate of drug-likeness (QED) is 0.885. The van der Waals surface area contributed by atoms with Crippen molar-refractivity contribution in [1.82, 2.24) is 9.97 Å². The first-order chi connectivity index (χ1) is 8.90. The molecule has 1 heterocycles. The van der Waals surface area contributed by atoms with Crippen LogP contribution in [0.5, 0.6) is 0 Å². The Balaban J connectivity index is 2.64. The average molecular weight is 258 g/mol. The van der Waals surface area contributed by atoms with E-state index >= 15 is 0 Å². The van der Waals surface area contributed by atoms with Gasteiger partial charge in [0.1, 0.15) is 11.5 Å². The van der Waals surface area contributed by atoms with Crippen molar-refractivity contribution in [3.8, 4) is 11.3 Å². The van der Waals surface area contributed by atoms with Gasteiger partial charge in [-0.1, -0.05) is 26.0 Å². The van der Waals surface area contributed by atoms with Crippen LogP contribution in [0, 0.1) is 13.8 Å². The number of hydrogen-bond donors (Lipinski definition) is 2. The van der Waals surface area contributed by atoms with Crippen LogP contribution in [-0.4, -0.2) is 21.0 Å². The van der Waals surface area contributed by atoms with Gasteiger partial charge in [-0.2, -0.15) is 0 Å². The number of carboxylic acids is 1. The van der Waals surface area contributed by atoms with E-state index in [9.17, 15) is 9.90 Å². The molecule has 0 fully saturated rings. The number of nitrogens with zero attached hydrogens (tertiary/aromatic N) is 1. The molecule has 0 aliphatic heterocycles. The average Bonchev–Trinajstić information content (AvgIpc) is 2.71. The van der Waals surface area contributed by atoms with Gasteiger partial charge in [-0.3, -0.25) is 0 Å². The lowest BCUT2D eigenvalue weighted by atomic mass is 9.96. The van der Waals surface area contributed by atoms with Gasteiger partial charge < -0.3 is 10.1 Å². The van der Waals surface area contributed by atoms with E-state index in [1.165, 1.54) is 5.56 Å². The first-order valence-corrected chi connectivity index (χ1v) is 6.31. The number of aromatic amines is 1. The van der Waals surface area contributed by atoms with Crippen molar-refractivity contribution in [2.24, 2.45) is 0 Å². The number of imidazole rings is 1. The third kappa shape index (κ3) is 2.52. The molecule has 0 radical (unpaired) electrons. The Hall–Kier alpha value is -2.10. The molecule has 0 saturated heterocycles. The van der Waals surface area contributed by atoms with Gasteiger partial charge in [0.15, 0.2) is 5.69 Å². The molecule has 1 aromatic heterocycles. The molecule has 0 unspecified atom stereocenters. The Bertz CT molecular complexity index is 627. The van der Waals surface area contributed by atoms with Gasteiger partial charge in [0.25, 0.3) is 0 Å². The molecule has 2 N–H and O–H groups in total. The smallest absolute Gasteiger partial charge is 0.354 e. The highest BCUT2D eigenvalue weighted by molar-refractivity contribution is 5.93. The molecule has 100 valence electrons. The largest absolute Gasteiger partial charge is 0.477 e. The van der Waals surface area contributed by atoms with Gasteiger partial charge in [-0.05, 0) is 37.0 Å². The van der Waals surface area contributed by atoms with Gasteiger partial charge >= 0.3 is 5.97 Å². The van der Waals surface area contributed by atoms with Crippen LogP contribution in [0.1, 0.15) is 47.2 Å². The van der Waals surface area contributed by atoms with E-state index in [0.717, 1.165) is 11.1 Å². The van der Waals surface area contributed by atoms with Crippen molar-refractivity contribution < 1.29 is 9.90 Å². The van der Waals surface area contributed by atoms with Crippen LogP contribution in [0.3, 0.4) is 0 Å². The normalized spacial score (nSPS) is 11.0. The van der Waals surface area contributed by atoms with E-state index in [4.69, 9.17) is 0 Å². The van der Waals surface area contributed by atoms with Crippen LogP contribution >= 0.6 is 0 Å². The Morgan fingerprint density at radius 3 is 2.58 bits per heavy atom. The molecule has 4 nitrogen and oxygen atoms in total. The maximum absolute atomic E-state index is 11.3. The number of aryl methyl sites for hydroxylation is 2. The fourth-order valence-corrected chi connectivity index (χ4v) is 2.10. The summed E-state index contributed by atoms with van der Waals surface area (Å²) >= 11 is 0. The van der Waals surface area contributed by atoms with Crippen molar-refractivity contribution in [3.63, 3.8) is 0 Å². The molecule has 2 aromatic rings. The number of aromatic nitrogens is 2. The minimum atomic E-state index is -0.982. The van der Waals surface area contributed by atoms with Gasteiger partial charge in [-0.25, -0.2) is 9.78 Å². The lowest BCUT2D eigenvalue weighted by Crippen LogP contribution is -2.00. The topological polar surface area (TPSA) is 66.0 Å². The fourth-order valence-electron chi connectivity index (χ4n) is 2.10. The summed E-state index contributed by atoms with van der Waals surface area (Å²) < 4.78 is 0. The van der Waals surface area contributed by atoms with Crippen molar-refractivity contribution in [3.05, 3.63) is 40.8 Å². The van der Waals surface area contributed by atoms with E-state index in [1.54, 1.807) is 6.92 Å². The highest BCUT2D eigenvalue weighted by Crippen LogP contribution is 2.28. The van der Waals surface area contributed by atoms with E-state index in [-0.39, 0.29) is 5.69 Å². The zero-order chi connectivity index (χ0) is 14.2. The van der Waals surface area contributed by atoms with Crippen LogP contribution in [-0.2, 0) is 0 Å². The lowest BCUT2D eigenvalue weighted by Gasteiger charge is -2.10. The third-order valence-electron chi connectivity index (χ3n) is 3.22. The molecule has 0 atom stereocenters. The van der Waals surface area contributed by atoms with Crippen molar-refractivity contribution in [2.45, 2.75) is 33.6 Å². The zero-order valence-electron chi connectivity index (χ0n) is 11.6. The van der Waals surface area contributed by atoms with E-state index < -0.39 is 5.97 Å². The van der Waals surface area contributed by atoms with E-state index in [0.29, 0.717) is 17.4 Å². The standard InChI is InChI=1S/C15H18N2O2/c1-8(2)11-6-5-9(3)12(7-11)13-14(15(18)19)17-10(4)16-13/h5-8H,1-4H3,(H,16,17)(H,18,19). The molecule has 19 heavy (non-hydrogen) atoms. The van der Waals surface area contributed by atoms with Crippen LogP contribution in [0.2, 0.25) is 0 Å². The monoisotopic (exact) mass is 258 g/mol. The number of H-pyrrole nitrogens is 1. The molecule has 0 spiro atoms. The lowest BCUT2D eigenvalue weighted by molar-refractivity contribution is 0.0692. The number of carboxylic acid groups (broad SMARTS) is 1. The molecule has 0 amide bonds. The highest BCUT2D eigenvalue weighted by atomic mass is 16.4. The second kappa shape index (κ2) is 4.88. The van der Waals surface area contributed by atoms with Crippen molar-refractivity contribution in [1.29, 1.82) is 0 Å². The first kappa shape index (κ1) is 13.3. The number of benzene rings is 1. The maximum Gasteiger partial charge on any atom is 0.354 e. The van der Waals surface area contributed by atoms with Gasteiger partial charge in [-0.15, -0.1) is 0 Å². The summed E-state index contributed by atoms with van der Waals surface area (Å²) in [7, 11) is 0. The highest BCUT2D eigenvalue weighted by Gasteiger charge is 2.18. The SMILES string of the molecule is Cc1nc(-c2cc(C(C)C)ccc2C)c(C(=O)O)[nH]1. The van der Waals surface area contributed by atoms with Gasteiger partial charge in [0, 0.05) is 5.56 Å². The molecule has 0 aliphatic carbocycles. The summed E-state index contributed by atoms with van der Waals surface area (Å²) in [5.74, 6) is 0.0272. The van der Waals surface area contributed by atoms with Crippen molar-refractivity contribution in [2.75, 3.05) is 0 Å². The summed E-state index contributed by atoms with van der Waals surface area (Å²) in [5.41, 5.74) is 3.76. The fraction of sp³-hybridized carbons (Fsp3) is 0.333. The molecule has 0 saturated carbocycles. The number of hydrogen-bond acceptors (Lipinski definition) is 2. The number of rotatable bonds is 3. The summed E-state index contributed by atoms with van der Waals surface area (Å²) in [5, 5.41) is 9.24. The summed E-state index contributed by atoms with van der Waals surface area (Å²) in [6, 6.07) is 6.12. The third-order valence-corrected chi connectivity index (χ3v) is 3.22. The number of nitrogens with one attached hydrogen (secondary N) is 1. The Morgan fingerprint density at radius 2 is 2.00 bits per heavy atom. The Kier molecular flexibility index (Phi) is 3.42. The minimum absolute atomic E-state index is 0.154. The number of carbonyl (C=O) groups is 1. The van der Waals surface area contributed by atoms with Crippen LogP contribution in [0.15, 0.2) is 18.2 Å². The minimum Gasteiger partial charge on any atom is -0.477 e. The van der Waals surface area contributed by atoms with Crippen LogP contribution < -0.4 is 0 Å². The van der Waals surface area contributed by atoms with E-state index in [2.05, 4.69) is 29.9 Å². The van der Waals surface area contributed by atoms with Gasteiger partial charge in [0.2, 0.25) is 0 Å². The van der Waals surface area contributed by atoms with E-state index in [1.807, 2.05) is 19.1 Å². The Labute approximate surface area is 112 Å². The number of aromatic carboxylic acids is 1. The summed E-state index contributed by atoms with van der Waals surface area (Å²) in [6.45, 7) is 7.96. The van der Waals surface area contributed by atoms with Gasteiger partial charge in [0.05, 0.1) is 0 Å². The second-order valence-electron chi connectivity index (χ2n) is 5.08. The Morgan fingerprint density at radius 1 is 1.32 bits per heavy atom. The first-order valence-electron chi connectivity index (χ1n) is 6.31. The molecular formula is C15H18N2O2. The molecule has 4 heteroatoms. The molecular weight excluding hydrogens is 240 g/mol. The molecule has 0 bridgehead atoms. The van der Waals surface area contributed by atoms with Crippen LogP contribution in [0.25, 0.3) is 11.3 Å². The molecule has 0 aliphatic rings. The predicted octanol–water partition coefficient (Wildman–Crippen LogP) is 3.52. The maximum atomic E-state index is 11.3. The summed E-state index contributed by atoms with van der Waals surface area (Å²) in [6.07, 6.45) is 0. The molecule has 1 aromatic carbocycles. The van der Waals surface area contributed by atoms with Crippen LogP contribution in [0.4, 0.5) is 0 Å². The zero-order valence-corrected chi connectivity index (χ0v) is 11.6. The predicted molar refractivity (Wildman–Crippen MR) is 74.5 cm³/mol. The molecule has 2 rings (SSSR count).